The molecule has 1 aromatic heterocycles. The van der Waals surface area contributed by atoms with E-state index in [1.165, 1.54) is 11.5 Å². The van der Waals surface area contributed by atoms with E-state index in [4.69, 9.17) is 0 Å². The van der Waals surface area contributed by atoms with Gasteiger partial charge in [0.25, 0.3) is 0 Å². The fourth-order valence-corrected chi connectivity index (χ4v) is 4.03. The first-order valence-electron chi connectivity index (χ1n) is 9.51. The monoisotopic (exact) mass is 369 g/mol. The Morgan fingerprint density at radius 2 is 1.67 bits per heavy atom. The number of Topliss-reactive ketones (excluding diaryl/α,β-unsaturated/α-hetero) is 1. The van der Waals surface area contributed by atoms with Gasteiger partial charge in [0.15, 0.2) is 5.78 Å². The lowest BCUT2D eigenvalue weighted by atomic mass is 9.97. The standard InChI is InChI=1S/C21H27N3O3/c1-14-6-5-7-15(2)23(14)20(26)13-22-12-16(3)24(21(22)27)19-10-8-18(9-11-19)17(4)25/h8-12,14-15H,5-7,13H2,1-4H3/t14-,15-/m0/s1. The number of aryl methyl sites for hydroxylation is 1. The summed E-state index contributed by atoms with van der Waals surface area (Å²) >= 11 is 0. The van der Waals surface area contributed by atoms with Gasteiger partial charge in [0.05, 0.1) is 5.69 Å². The maximum atomic E-state index is 12.9. The molecular formula is C21H27N3O3. The topological polar surface area (TPSA) is 64.3 Å². The van der Waals surface area contributed by atoms with Gasteiger partial charge in [-0.1, -0.05) is 0 Å². The second-order valence-corrected chi connectivity index (χ2v) is 7.55. The van der Waals surface area contributed by atoms with Crippen molar-refractivity contribution in [3.05, 3.63) is 52.2 Å². The molecule has 27 heavy (non-hydrogen) atoms. The minimum atomic E-state index is -0.242. The maximum absolute atomic E-state index is 12.9. The first-order chi connectivity index (χ1) is 12.8. The van der Waals surface area contributed by atoms with E-state index in [-0.39, 0.29) is 36.0 Å². The molecule has 1 aliphatic rings. The van der Waals surface area contributed by atoms with Gasteiger partial charge in [-0.15, -0.1) is 0 Å². The summed E-state index contributed by atoms with van der Waals surface area (Å²) in [5.41, 5.74) is 1.80. The van der Waals surface area contributed by atoms with Gasteiger partial charge >= 0.3 is 5.69 Å². The highest BCUT2D eigenvalue weighted by Crippen LogP contribution is 2.23. The van der Waals surface area contributed by atoms with Crippen LogP contribution in [-0.2, 0) is 11.3 Å². The predicted octanol–water partition coefficient (Wildman–Crippen LogP) is 2.94. The zero-order valence-electron chi connectivity index (χ0n) is 16.4. The molecule has 0 bridgehead atoms. The molecule has 1 fully saturated rings. The van der Waals surface area contributed by atoms with E-state index in [1.54, 1.807) is 35.0 Å². The van der Waals surface area contributed by atoms with Crippen LogP contribution in [0.15, 0.2) is 35.3 Å². The third-order valence-electron chi connectivity index (χ3n) is 5.45. The molecule has 2 atom stereocenters. The number of hydrogen-bond donors (Lipinski definition) is 0. The molecule has 0 spiro atoms. The Hall–Kier alpha value is -2.63. The van der Waals surface area contributed by atoms with Crippen LogP contribution in [0.25, 0.3) is 5.69 Å². The SMILES string of the molecule is CC(=O)c1ccc(-n2c(C)cn(CC(=O)N3[C@@H](C)CCC[C@@H]3C)c2=O)cc1. The molecule has 144 valence electrons. The van der Waals surface area contributed by atoms with E-state index in [0.717, 1.165) is 25.0 Å². The summed E-state index contributed by atoms with van der Waals surface area (Å²) in [5.74, 6) is -0.0283. The Bertz CT molecular complexity index is 898. The van der Waals surface area contributed by atoms with Crippen LogP contribution in [0.4, 0.5) is 0 Å². The number of aromatic nitrogens is 2. The van der Waals surface area contributed by atoms with Gasteiger partial charge in [-0.25, -0.2) is 4.79 Å². The number of ketones is 1. The van der Waals surface area contributed by atoms with Crippen LogP contribution in [0.5, 0.6) is 0 Å². The molecule has 1 amide bonds. The van der Waals surface area contributed by atoms with Gasteiger partial charge in [0, 0.05) is 29.5 Å². The molecule has 3 rings (SSSR count). The lowest BCUT2D eigenvalue weighted by Gasteiger charge is -2.39. The van der Waals surface area contributed by atoms with E-state index in [9.17, 15) is 14.4 Å². The highest BCUT2D eigenvalue weighted by molar-refractivity contribution is 5.94. The lowest BCUT2D eigenvalue weighted by Crippen LogP contribution is -2.49. The number of likely N-dealkylation sites (tertiary alicyclic amines) is 1. The highest BCUT2D eigenvalue weighted by atomic mass is 16.2. The van der Waals surface area contributed by atoms with Crippen LogP contribution in [-0.4, -0.2) is 37.8 Å². The molecule has 0 unspecified atom stereocenters. The number of benzene rings is 1. The van der Waals surface area contributed by atoms with Gasteiger partial charge in [0.1, 0.15) is 6.54 Å². The summed E-state index contributed by atoms with van der Waals surface area (Å²) < 4.78 is 3.05. The predicted molar refractivity (Wildman–Crippen MR) is 104 cm³/mol. The zero-order chi connectivity index (χ0) is 19.7. The molecule has 6 heteroatoms. The summed E-state index contributed by atoms with van der Waals surface area (Å²) in [7, 11) is 0. The quantitative estimate of drug-likeness (QED) is 0.779. The molecule has 2 heterocycles. The minimum Gasteiger partial charge on any atom is -0.336 e. The fraction of sp³-hybridized carbons (Fsp3) is 0.476. The Morgan fingerprint density at radius 1 is 1.07 bits per heavy atom. The van der Waals surface area contributed by atoms with Gasteiger partial charge in [-0.2, -0.15) is 0 Å². The normalized spacial score (nSPS) is 19.9. The second-order valence-electron chi connectivity index (χ2n) is 7.55. The molecular weight excluding hydrogens is 342 g/mol. The van der Waals surface area contributed by atoms with Gasteiger partial charge in [-0.05, 0) is 71.2 Å². The molecule has 1 aromatic carbocycles. The van der Waals surface area contributed by atoms with Crippen LogP contribution < -0.4 is 5.69 Å². The molecule has 1 saturated heterocycles. The Balaban J connectivity index is 1.86. The number of imidazole rings is 1. The van der Waals surface area contributed by atoms with Gasteiger partial charge in [0.2, 0.25) is 5.91 Å². The summed E-state index contributed by atoms with van der Waals surface area (Å²) in [5, 5.41) is 0. The van der Waals surface area contributed by atoms with Crippen LogP contribution in [0.3, 0.4) is 0 Å². The number of nitrogens with zero attached hydrogens (tertiary/aromatic N) is 3. The summed E-state index contributed by atoms with van der Waals surface area (Å²) in [6.07, 6.45) is 4.87. The van der Waals surface area contributed by atoms with E-state index >= 15 is 0 Å². The average molecular weight is 369 g/mol. The van der Waals surface area contributed by atoms with Crippen LogP contribution in [0, 0.1) is 6.92 Å². The van der Waals surface area contributed by atoms with Crippen molar-refractivity contribution in [3.8, 4) is 5.69 Å². The van der Waals surface area contributed by atoms with E-state index < -0.39 is 0 Å². The number of carbonyl (C=O) groups is 2. The molecule has 0 saturated carbocycles. The van der Waals surface area contributed by atoms with Crippen molar-refractivity contribution in [2.75, 3.05) is 0 Å². The fourth-order valence-electron chi connectivity index (χ4n) is 4.03. The summed E-state index contributed by atoms with van der Waals surface area (Å²) in [6, 6.07) is 7.35. The summed E-state index contributed by atoms with van der Waals surface area (Å²) in [6.45, 7) is 7.55. The summed E-state index contributed by atoms with van der Waals surface area (Å²) in [4.78, 5) is 39.1. The minimum absolute atomic E-state index is 0.0131. The van der Waals surface area contributed by atoms with Crippen molar-refractivity contribution in [1.82, 2.24) is 14.0 Å². The number of carbonyl (C=O) groups excluding carboxylic acids is 2. The largest absolute Gasteiger partial charge is 0.336 e. The zero-order valence-corrected chi connectivity index (χ0v) is 16.4. The van der Waals surface area contributed by atoms with Crippen LogP contribution in [0.2, 0.25) is 0 Å². The average Bonchev–Trinajstić information content (AvgIpc) is 2.88. The molecule has 2 aromatic rings. The Morgan fingerprint density at radius 3 is 2.22 bits per heavy atom. The smallest absolute Gasteiger partial charge is 0.333 e. The molecule has 0 radical (unpaired) electrons. The van der Waals surface area contributed by atoms with Crippen LogP contribution in [0.1, 0.15) is 56.1 Å². The number of hydrogen-bond acceptors (Lipinski definition) is 3. The molecule has 1 aliphatic heterocycles. The van der Waals surface area contributed by atoms with Gasteiger partial charge in [-0.3, -0.25) is 18.7 Å². The van der Waals surface area contributed by atoms with Crippen molar-refractivity contribution in [2.45, 2.75) is 65.6 Å². The maximum Gasteiger partial charge on any atom is 0.333 e. The van der Waals surface area contributed by atoms with E-state index in [0.29, 0.717) is 11.3 Å². The number of amides is 1. The van der Waals surface area contributed by atoms with Gasteiger partial charge < -0.3 is 4.90 Å². The van der Waals surface area contributed by atoms with Crippen molar-refractivity contribution < 1.29 is 9.59 Å². The van der Waals surface area contributed by atoms with Crippen molar-refractivity contribution in [3.63, 3.8) is 0 Å². The lowest BCUT2D eigenvalue weighted by molar-refractivity contribution is -0.138. The van der Waals surface area contributed by atoms with E-state index in [1.807, 2.05) is 11.8 Å². The Labute approximate surface area is 159 Å². The third-order valence-corrected chi connectivity index (χ3v) is 5.45. The van der Waals surface area contributed by atoms with E-state index in [2.05, 4.69) is 13.8 Å². The van der Waals surface area contributed by atoms with Crippen molar-refractivity contribution >= 4 is 11.7 Å². The number of piperidine rings is 1. The van der Waals surface area contributed by atoms with Crippen LogP contribution >= 0.6 is 0 Å². The first kappa shape index (κ1) is 19.1. The highest BCUT2D eigenvalue weighted by Gasteiger charge is 2.29. The Kier molecular flexibility index (Phi) is 5.35. The number of rotatable bonds is 4. The molecule has 0 N–H and O–H groups in total. The third kappa shape index (κ3) is 3.75. The first-order valence-corrected chi connectivity index (χ1v) is 9.51. The van der Waals surface area contributed by atoms with Crippen molar-refractivity contribution in [1.29, 1.82) is 0 Å². The van der Waals surface area contributed by atoms with Crippen molar-refractivity contribution in [2.24, 2.45) is 0 Å². The molecule has 6 nitrogen and oxygen atoms in total. The molecule has 0 aliphatic carbocycles. The second kappa shape index (κ2) is 7.55.